The number of imide groups is 1. The highest BCUT2D eigenvalue weighted by Crippen LogP contribution is 2.36. The van der Waals surface area contributed by atoms with Crippen LogP contribution in [0.5, 0.6) is 5.75 Å². The number of ether oxygens (including phenoxy) is 1. The van der Waals surface area contributed by atoms with Crippen molar-refractivity contribution in [1.82, 2.24) is 4.90 Å². The van der Waals surface area contributed by atoms with E-state index in [2.05, 4.69) is 15.9 Å². The van der Waals surface area contributed by atoms with E-state index in [9.17, 15) is 14.4 Å². The van der Waals surface area contributed by atoms with Crippen molar-refractivity contribution >= 4 is 50.9 Å². The molecule has 0 unspecified atom stereocenters. The Kier molecular flexibility index (Phi) is 6.81. The van der Waals surface area contributed by atoms with Crippen LogP contribution in [0.15, 0.2) is 76.1 Å². The summed E-state index contributed by atoms with van der Waals surface area (Å²) in [4.78, 5) is 39.7. The summed E-state index contributed by atoms with van der Waals surface area (Å²) in [6, 6.07) is 19.9. The topological polar surface area (TPSA) is 63.7 Å². The molecule has 0 aliphatic carbocycles. The van der Waals surface area contributed by atoms with Crippen molar-refractivity contribution in [3.8, 4) is 5.75 Å². The Morgan fingerprint density at radius 3 is 2.48 bits per heavy atom. The fourth-order valence-electron chi connectivity index (χ4n) is 3.31. The molecule has 0 N–H and O–H groups in total. The first kappa shape index (κ1) is 23.0. The maximum Gasteiger partial charge on any atom is 0.343 e. The summed E-state index contributed by atoms with van der Waals surface area (Å²) < 4.78 is 6.37. The number of benzene rings is 3. The van der Waals surface area contributed by atoms with Crippen molar-refractivity contribution in [3.05, 3.63) is 104 Å². The van der Waals surface area contributed by atoms with Crippen LogP contribution in [0.3, 0.4) is 0 Å². The molecule has 0 saturated carbocycles. The predicted molar refractivity (Wildman–Crippen MR) is 133 cm³/mol. The third-order valence-corrected chi connectivity index (χ3v) is 6.61. The molecular formula is C26H20BrNO4S. The Morgan fingerprint density at radius 2 is 1.76 bits per heavy atom. The average molecular weight is 522 g/mol. The highest BCUT2D eigenvalue weighted by atomic mass is 79.9. The van der Waals surface area contributed by atoms with Gasteiger partial charge >= 0.3 is 5.97 Å². The molecule has 1 fully saturated rings. The van der Waals surface area contributed by atoms with E-state index >= 15 is 0 Å². The molecule has 1 heterocycles. The number of nitrogens with zero attached hydrogens (tertiary/aromatic N) is 1. The molecule has 0 bridgehead atoms. The van der Waals surface area contributed by atoms with Crippen LogP contribution in [0, 0.1) is 13.8 Å². The zero-order valence-corrected chi connectivity index (χ0v) is 20.4. The molecule has 33 heavy (non-hydrogen) atoms. The number of carbonyl (C=O) groups excluding carboxylic acids is 3. The Balaban J connectivity index is 1.59. The molecule has 0 radical (unpaired) electrons. The molecule has 1 aliphatic rings. The first-order valence-corrected chi connectivity index (χ1v) is 11.8. The van der Waals surface area contributed by atoms with E-state index in [0.717, 1.165) is 32.9 Å². The third kappa shape index (κ3) is 5.26. The number of carbonyl (C=O) groups is 3. The minimum Gasteiger partial charge on any atom is -0.422 e. The maximum atomic E-state index is 13.0. The summed E-state index contributed by atoms with van der Waals surface area (Å²) in [5.74, 6) is -0.571. The highest BCUT2D eigenvalue weighted by molar-refractivity contribution is 9.10. The molecule has 5 nitrogen and oxygen atoms in total. The number of aryl methyl sites for hydroxylation is 2. The van der Waals surface area contributed by atoms with Gasteiger partial charge in [-0.25, -0.2) is 4.79 Å². The molecule has 1 aliphatic heterocycles. The minimum absolute atomic E-state index is 0.211. The van der Waals surface area contributed by atoms with Gasteiger partial charge < -0.3 is 4.74 Å². The first-order chi connectivity index (χ1) is 15.8. The van der Waals surface area contributed by atoms with Crippen LogP contribution < -0.4 is 4.74 Å². The van der Waals surface area contributed by atoms with E-state index in [1.54, 1.807) is 36.4 Å². The molecule has 0 atom stereocenters. The summed E-state index contributed by atoms with van der Waals surface area (Å²) >= 11 is 4.29. The second kappa shape index (κ2) is 9.77. The Hall–Kier alpha value is -3.16. The van der Waals surface area contributed by atoms with Gasteiger partial charge in [-0.1, -0.05) is 57.9 Å². The second-order valence-electron chi connectivity index (χ2n) is 7.63. The number of hydrogen-bond acceptors (Lipinski definition) is 5. The molecule has 3 aromatic rings. The van der Waals surface area contributed by atoms with Crippen LogP contribution in [-0.2, 0) is 11.3 Å². The van der Waals surface area contributed by atoms with Crippen molar-refractivity contribution in [2.45, 2.75) is 20.4 Å². The Morgan fingerprint density at radius 1 is 1.03 bits per heavy atom. The molecule has 4 rings (SSSR count). The van der Waals surface area contributed by atoms with Crippen molar-refractivity contribution < 1.29 is 19.1 Å². The summed E-state index contributed by atoms with van der Waals surface area (Å²) in [5, 5.41) is -0.331. The molecule has 0 spiro atoms. The van der Waals surface area contributed by atoms with Crippen molar-refractivity contribution in [3.63, 3.8) is 0 Å². The normalized spacial score (nSPS) is 14.8. The number of thioether (sulfide) groups is 1. The number of amides is 2. The van der Waals surface area contributed by atoms with Gasteiger partial charge in [0, 0.05) is 10.0 Å². The fraction of sp³-hybridized carbons (Fsp3) is 0.115. The van der Waals surface area contributed by atoms with Gasteiger partial charge in [0.15, 0.2) is 0 Å². The SMILES string of the molecule is Cc1ccc(C(=O)Oc2ccc(Br)cc2/C=C2\SC(=O)N(Cc3ccccc3C)C2=O)cc1. The van der Waals surface area contributed by atoms with Gasteiger partial charge in [-0.05, 0) is 73.1 Å². The molecule has 3 aromatic carbocycles. The number of hydrogen-bond donors (Lipinski definition) is 0. The van der Waals surface area contributed by atoms with E-state index in [-0.39, 0.29) is 22.6 Å². The van der Waals surface area contributed by atoms with Gasteiger partial charge in [0.2, 0.25) is 0 Å². The quantitative estimate of drug-likeness (QED) is 0.217. The van der Waals surface area contributed by atoms with Crippen LogP contribution in [0.4, 0.5) is 4.79 Å². The first-order valence-electron chi connectivity index (χ1n) is 10.2. The zero-order chi connectivity index (χ0) is 23.5. The minimum atomic E-state index is -0.500. The molecule has 0 aromatic heterocycles. The van der Waals surface area contributed by atoms with E-state index < -0.39 is 5.97 Å². The predicted octanol–water partition coefficient (Wildman–Crippen LogP) is 6.52. The summed E-state index contributed by atoms with van der Waals surface area (Å²) in [6.45, 7) is 4.09. The van der Waals surface area contributed by atoms with E-state index in [4.69, 9.17) is 4.74 Å². The van der Waals surface area contributed by atoms with E-state index in [0.29, 0.717) is 16.9 Å². The summed E-state index contributed by atoms with van der Waals surface area (Å²) in [7, 11) is 0. The van der Waals surface area contributed by atoms with Crippen LogP contribution in [0.1, 0.15) is 32.6 Å². The van der Waals surface area contributed by atoms with Gasteiger partial charge in [-0.3, -0.25) is 14.5 Å². The summed E-state index contributed by atoms with van der Waals surface area (Å²) in [5.41, 5.74) is 3.91. The van der Waals surface area contributed by atoms with Crippen molar-refractivity contribution in [1.29, 1.82) is 0 Å². The van der Waals surface area contributed by atoms with E-state index in [1.165, 1.54) is 4.90 Å². The lowest BCUT2D eigenvalue weighted by atomic mass is 10.1. The second-order valence-corrected chi connectivity index (χ2v) is 9.54. The molecule has 166 valence electrons. The average Bonchev–Trinajstić information content (AvgIpc) is 3.05. The smallest absolute Gasteiger partial charge is 0.343 e. The number of halogens is 1. The van der Waals surface area contributed by atoms with Gasteiger partial charge in [0.05, 0.1) is 17.0 Å². The van der Waals surface area contributed by atoms with E-state index in [1.807, 2.05) is 50.2 Å². The lowest BCUT2D eigenvalue weighted by Gasteiger charge is -2.14. The largest absolute Gasteiger partial charge is 0.422 e. The molecule has 2 amide bonds. The Labute approximate surface area is 204 Å². The fourth-order valence-corrected chi connectivity index (χ4v) is 4.52. The van der Waals surface area contributed by atoms with Crippen LogP contribution in [-0.4, -0.2) is 22.0 Å². The monoisotopic (exact) mass is 521 g/mol. The van der Waals surface area contributed by atoms with Gasteiger partial charge in [0.25, 0.3) is 11.1 Å². The van der Waals surface area contributed by atoms with Crippen molar-refractivity contribution in [2.24, 2.45) is 0 Å². The molecular weight excluding hydrogens is 502 g/mol. The highest BCUT2D eigenvalue weighted by Gasteiger charge is 2.35. The van der Waals surface area contributed by atoms with Crippen molar-refractivity contribution in [2.75, 3.05) is 0 Å². The molecule has 1 saturated heterocycles. The lowest BCUT2D eigenvalue weighted by Crippen LogP contribution is -2.27. The van der Waals surface area contributed by atoms with Crippen LogP contribution in [0.25, 0.3) is 6.08 Å². The van der Waals surface area contributed by atoms with Gasteiger partial charge in [-0.15, -0.1) is 0 Å². The van der Waals surface area contributed by atoms with Gasteiger partial charge in [0.1, 0.15) is 5.75 Å². The lowest BCUT2D eigenvalue weighted by molar-refractivity contribution is -0.123. The molecule has 7 heteroatoms. The van der Waals surface area contributed by atoms with Crippen LogP contribution in [0.2, 0.25) is 0 Å². The number of esters is 1. The Bertz CT molecular complexity index is 1280. The maximum absolute atomic E-state index is 13.0. The third-order valence-electron chi connectivity index (χ3n) is 5.21. The standard InChI is InChI=1S/C26H20BrNO4S/c1-16-7-9-18(10-8-16)25(30)32-22-12-11-21(27)13-20(22)14-23-24(29)28(26(31)33-23)15-19-6-4-3-5-17(19)2/h3-14H,15H2,1-2H3/b23-14-. The summed E-state index contributed by atoms with van der Waals surface area (Å²) in [6.07, 6.45) is 1.59. The number of rotatable bonds is 5. The van der Waals surface area contributed by atoms with Gasteiger partial charge in [-0.2, -0.15) is 0 Å². The van der Waals surface area contributed by atoms with Crippen LogP contribution >= 0.6 is 27.7 Å². The zero-order valence-electron chi connectivity index (χ0n) is 18.0.